The van der Waals surface area contributed by atoms with E-state index < -0.39 is 22.5 Å². The fourth-order valence-electron chi connectivity index (χ4n) is 2.37. The second-order valence-corrected chi connectivity index (χ2v) is 8.41. The fraction of sp³-hybridized carbons (Fsp3) is 0.0526. The summed E-state index contributed by atoms with van der Waals surface area (Å²) < 4.78 is 32.3. The van der Waals surface area contributed by atoms with Crippen LogP contribution < -0.4 is 9.73 Å². The average Bonchev–Trinajstić information content (AvgIpc) is 3.22. The first-order chi connectivity index (χ1) is 13.9. The number of nitrogens with one attached hydrogen (secondary N) is 1. The number of halogens is 2. The Morgan fingerprint density at radius 3 is 2.48 bits per heavy atom. The number of amides is 1. The van der Waals surface area contributed by atoms with E-state index in [4.69, 9.17) is 27.6 Å². The summed E-state index contributed by atoms with van der Waals surface area (Å²) in [6.45, 7) is -0.523. The van der Waals surface area contributed by atoms with Gasteiger partial charge in [0.25, 0.3) is 15.9 Å². The predicted molar refractivity (Wildman–Crippen MR) is 112 cm³/mol. The summed E-state index contributed by atoms with van der Waals surface area (Å²) >= 11 is 12.0. The van der Waals surface area contributed by atoms with Crippen LogP contribution in [0.5, 0.6) is 0 Å². The van der Waals surface area contributed by atoms with Gasteiger partial charge in [0.05, 0.1) is 33.1 Å². The van der Waals surface area contributed by atoms with Crippen LogP contribution in [-0.4, -0.2) is 27.1 Å². The third-order valence-electron chi connectivity index (χ3n) is 3.73. The third-order valence-corrected chi connectivity index (χ3v) is 6.26. The van der Waals surface area contributed by atoms with Gasteiger partial charge in [-0.05, 0) is 42.5 Å². The zero-order chi connectivity index (χ0) is 20.9. The first-order valence-corrected chi connectivity index (χ1v) is 10.5. The zero-order valence-corrected chi connectivity index (χ0v) is 17.2. The minimum Gasteiger partial charge on any atom is -0.463 e. The summed E-state index contributed by atoms with van der Waals surface area (Å²) in [5.41, 5.74) is 2.46. The molecule has 2 aromatic carbocycles. The van der Waals surface area contributed by atoms with Gasteiger partial charge in [-0.3, -0.25) is 9.10 Å². The highest BCUT2D eigenvalue weighted by molar-refractivity contribution is 7.92. The molecule has 3 rings (SSSR count). The van der Waals surface area contributed by atoms with Crippen molar-refractivity contribution in [1.29, 1.82) is 0 Å². The van der Waals surface area contributed by atoms with Crippen LogP contribution in [0.1, 0.15) is 5.76 Å². The minimum absolute atomic E-state index is 0.0259. The largest absolute Gasteiger partial charge is 0.463 e. The molecule has 0 saturated carbocycles. The molecule has 0 spiro atoms. The molecular formula is C19H15Cl2N3O4S. The standard InChI is InChI=1S/C19H15Cl2N3O4S/c20-17-9-8-14(11-18(17)21)24(29(26,27)16-6-2-1-3-7-16)13-19(25)23-22-12-15-5-4-10-28-15/h1-12H,13H2,(H,23,25)/b22-12-. The van der Waals surface area contributed by atoms with Crippen molar-refractivity contribution in [3.05, 3.63) is 82.7 Å². The lowest BCUT2D eigenvalue weighted by molar-refractivity contribution is -0.119. The number of hydrogen-bond acceptors (Lipinski definition) is 5. The fourth-order valence-corrected chi connectivity index (χ4v) is 4.10. The van der Waals surface area contributed by atoms with E-state index in [-0.39, 0.29) is 20.6 Å². The molecule has 0 atom stereocenters. The van der Waals surface area contributed by atoms with Crippen molar-refractivity contribution in [3.8, 4) is 0 Å². The molecule has 150 valence electrons. The molecule has 1 heterocycles. The lowest BCUT2D eigenvalue weighted by Gasteiger charge is -2.24. The number of carbonyl (C=O) groups excluding carboxylic acids is 1. The number of carbonyl (C=O) groups is 1. The number of sulfonamides is 1. The van der Waals surface area contributed by atoms with Gasteiger partial charge in [-0.2, -0.15) is 5.10 Å². The van der Waals surface area contributed by atoms with Crippen molar-refractivity contribution in [3.63, 3.8) is 0 Å². The second-order valence-electron chi connectivity index (χ2n) is 5.73. The van der Waals surface area contributed by atoms with Crippen LogP contribution in [0.15, 0.2) is 81.3 Å². The first-order valence-electron chi connectivity index (χ1n) is 8.26. The number of hydrazone groups is 1. The normalized spacial score (nSPS) is 11.5. The smallest absolute Gasteiger partial charge is 0.264 e. The maximum atomic E-state index is 13.1. The van der Waals surface area contributed by atoms with E-state index in [1.54, 1.807) is 30.3 Å². The van der Waals surface area contributed by atoms with Gasteiger partial charge < -0.3 is 4.42 Å². The Labute approximate surface area is 177 Å². The van der Waals surface area contributed by atoms with E-state index in [2.05, 4.69) is 10.5 Å². The van der Waals surface area contributed by atoms with E-state index >= 15 is 0 Å². The molecule has 0 radical (unpaired) electrons. The molecule has 29 heavy (non-hydrogen) atoms. The SMILES string of the molecule is O=C(CN(c1ccc(Cl)c(Cl)c1)S(=O)(=O)c1ccccc1)N/N=C\c1ccco1. The second kappa shape index (κ2) is 9.13. The number of benzene rings is 2. The lowest BCUT2D eigenvalue weighted by atomic mass is 10.3. The molecular weight excluding hydrogens is 437 g/mol. The molecule has 0 saturated heterocycles. The van der Waals surface area contributed by atoms with Crippen molar-refractivity contribution in [1.82, 2.24) is 5.43 Å². The van der Waals surface area contributed by atoms with Crippen molar-refractivity contribution in [2.45, 2.75) is 4.90 Å². The van der Waals surface area contributed by atoms with Crippen LogP contribution in [-0.2, 0) is 14.8 Å². The topological polar surface area (TPSA) is 92.0 Å². The molecule has 1 amide bonds. The molecule has 1 aromatic heterocycles. The van der Waals surface area contributed by atoms with Gasteiger partial charge in [-0.1, -0.05) is 41.4 Å². The molecule has 7 nitrogen and oxygen atoms in total. The van der Waals surface area contributed by atoms with Crippen LogP contribution >= 0.6 is 23.2 Å². The molecule has 1 N–H and O–H groups in total. The van der Waals surface area contributed by atoms with Gasteiger partial charge >= 0.3 is 0 Å². The minimum atomic E-state index is -4.05. The number of hydrogen-bond donors (Lipinski definition) is 1. The van der Waals surface area contributed by atoms with E-state index in [0.29, 0.717) is 5.76 Å². The molecule has 0 unspecified atom stereocenters. The number of rotatable bonds is 7. The van der Waals surface area contributed by atoms with E-state index in [0.717, 1.165) is 4.31 Å². The van der Waals surface area contributed by atoms with E-state index in [9.17, 15) is 13.2 Å². The highest BCUT2D eigenvalue weighted by atomic mass is 35.5. The molecule has 0 bridgehead atoms. The average molecular weight is 452 g/mol. The number of nitrogens with zero attached hydrogens (tertiary/aromatic N) is 2. The van der Waals surface area contributed by atoms with E-state index in [1.165, 1.54) is 42.8 Å². The van der Waals surface area contributed by atoms with Crippen molar-refractivity contribution in [2.24, 2.45) is 5.10 Å². The quantitative estimate of drug-likeness (QED) is 0.434. The Balaban J connectivity index is 1.88. The summed E-state index contributed by atoms with van der Waals surface area (Å²) in [7, 11) is -4.05. The summed E-state index contributed by atoms with van der Waals surface area (Å²) in [6, 6.07) is 15.4. The Hall–Kier alpha value is -2.81. The van der Waals surface area contributed by atoms with Crippen molar-refractivity contribution in [2.75, 3.05) is 10.8 Å². The summed E-state index contributed by atoms with van der Waals surface area (Å²) in [5.74, 6) is -0.220. The molecule has 0 aliphatic rings. The van der Waals surface area contributed by atoms with Gasteiger partial charge in [0.2, 0.25) is 0 Å². The van der Waals surface area contributed by atoms with Gasteiger partial charge in [0.15, 0.2) is 0 Å². The highest BCUT2D eigenvalue weighted by Crippen LogP contribution is 2.30. The monoisotopic (exact) mass is 451 g/mol. The lowest BCUT2D eigenvalue weighted by Crippen LogP contribution is -2.39. The third kappa shape index (κ3) is 5.17. The van der Waals surface area contributed by atoms with Crippen LogP contribution in [0.2, 0.25) is 10.0 Å². The number of furan rings is 1. The van der Waals surface area contributed by atoms with Crippen LogP contribution in [0.4, 0.5) is 5.69 Å². The summed E-state index contributed by atoms with van der Waals surface area (Å²) in [5, 5.41) is 4.18. The summed E-state index contributed by atoms with van der Waals surface area (Å²) in [6.07, 6.45) is 2.76. The molecule has 10 heteroatoms. The molecule has 0 fully saturated rings. The van der Waals surface area contributed by atoms with Gasteiger partial charge in [-0.15, -0.1) is 0 Å². The number of anilines is 1. The molecule has 3 aromatic rings. The van der Waals surface area contributed by atoms with E-state index in [1.807, 2.05) is 0 Å². The van der Waals surface area contributed by atoms with Crippen molar-refractivity contribution < 1.29 is 17.6 Å². The summed E-state index contributed by atoms with van der Waals surface area (Å²) in [4.78, 5) is 12.4. The maximum Gasteiger partial charge on any atom is 0.264 e. The highest BCUT2D eigenvalue weighted by Gasteiger charge is 2.27. The van der Waals surface area contributed by atoms with Crippen LogP contribution in [0.25, 0.3) is 0 Å². The Morgan fingerprint density at radius 2 is 1.83 bits per heavy atom. The van der Waals surface area contributed by atoms with Gasteiger partial charge in [0, 0.05) is 0 Å². The maximum absolute atomic E-state index is 13.1. The predicted octanol–water partition coefficient (Wildman–Crippen LogP) is 3.93. The Bertz CT molecular complexity index is 1120. The molecule has 0 aliphatic carbocycles. The Kier molecular flexibility index (Phi) is 6.58. The Morgan fingerprint density at radius 1 is 1.07 bits per heavy atom. The van der Waals surface area contributed by atoms with Gasteiger partial charge in [-0.25, -0.2) is 13.8 Å². The molecule has 0 aliphatic heterocycles. The van der Waals surface area contributed by atoms with Gasteiger partial charge in [0.1, 0.15) is 12.3 Å². The zero-order valence-electron chi connectivity index (χ0n) is 14.8. The first kappa shape index (κ1) is 20.9. The van der Waals surface area contributed by atoms with Crippen molar-refractivity contribution >= 4 is 51.0 Å². The van der Waals surface area contributed by atoms with Crippen LogP contribution in [0, 0.1) is 0 Å². The van der Waals surface area contributed by atoms with Crippen LogP contribution in [0.3, 0.4) is 0 Å².